The van der Waals surface area contributed by atoms with Crippen LogP contribution in [0.25, 0.3) is 0 Å². The van der Waals surface area contributed by atoms with E-state index in [0.29, 0.717) is 0 Å². The smallest absolute Gasteiger partial charge is 0.0240 e. The van der Waals surface area contributed by atoms with Crippen molar-refractivity contribution in [2.45, 2.75) is 118 Å². The molecule has 42 heavy (non-hydrogen) atoms. The van der Waals surface area contributed by atoms with E-state index in [1.807, 2.05) is 0 Å². The van der Waals surface area contributed by atoms with Crippen molar-refractivity contribution >= 4 is 0 Å². The number of hydrogen-bond acceptors (Lipinski definition) is 2. The van der Waals surface area contributed by atoms with Gasteiger partial charge in [-0.25, -0.2) is 0 Å². The van der Waals surface area contributed by atoms with Crippen LogP contribution in [-0.4, -0.2) is 22.9 Å². The van der Waals surface area contributed by atoms with Gasteiger partial charge in [-0.2, -0.15) is 0 Å². The minimum Gasteiger partial charge on any atom is -0.295 e. The molecule has 2 aliphatic rings. The van der Waals surface area contributed by atoms with Gasteiger partial charge in [-0.15, -0.1) is 0 Å². The predicted octanol–water partition coefficient (Wildman–Crippen LogP) is 10.1. The molecule has 0 atom stereocenters. The average Bonchev–Trinajstić information content (AvgIpc) is 2.98. The van der Waals surface area contributed by atoms with Crippen molar-refractivity contribution in [3.8, 4) is 0 Å². The normalized spacial score (nSPS) is 16.9. The van der Waals surface area contributed by atoms with Crippen LogP contribution in [0.4, 0.5) is 0 Å². The van der Waals surface area contributed by atoms with E-state index in [0.717, 1.165) is 38.0 Å². The Kier molecular flexibility index (Phi) is 11.3. The van der Waals surface area contributed by atoms with Crippen molar-refractivity contribution < 1.29 is 0 Å². The Morgan fingerprint density at radius 1 is 0.476 bits per heavy atom. The van der Waals surface area contributed by atoms with Crippen molar-refractivity contribution in [3.05, 3.63) is 105 Å². The van der Waals surface area contributed by atoms with Crippen LogP contribution >= 0.6 is 0 Å². The Bertz CT molecular complexity index is 1150. The predicted molar refractivity (Wildman–Crippen MR) is 180 cm³/mol. The minimum absolute atomic E-state index is 0.849. The third-order valence-corrected chi connectivity index (χ3v) is 10.1. The van der Waals surface area contributed by atoms with Gasteiger partial charge in [-0.3, -0.25) is 9.80 Å². The van der Waals surface area contributed by atoms with Crippen molar-refractivity contribution in [1.82, 2.24) is 9.80 Å². The molecule has 0 bridgehead atoms. The minimum atomic E-state index is 0.849. The van der Waals surface area contributed by atoms with Crippen LogP contribution in [0, 0.1) is 39.5 Å². The highest BCUT2D eigenvalue weighted by Crippen LogP contribution is 2.28. The maximum absolute atomic E-state index is 2.73. The van der Waals surface area contributed by atoms with E-state index in [2.05, 4.69) is 98.2 Å². The van der Waals surface area contributed by atoms with Gasteiger partial charge in [0.2, 0.25) is 0 Å². The van der Waals surface area contributed by atoms with Crippen molar-refractivity contribution in [2.75, 3.05) is 13.1 Å². The van der Waals surface area contributed by atoms with E-state index in [1.165, 1.54) is 122 Å². The van der Waals surface area contributed by atoms with E-state index in [-0.39, 0.29) is 0 Å². The fourth-order valence-corrected chi connectivity index (χ4v) is 7.63. The highest BCUT2D eigenvalue weighted by atomic mass is 15.1. The largest absolute Gasteiger partial charge is 0.295 e. The lowest BCUT2D eigenvalue weighted by Crippen LogP contribution is -2.30. The van der Waals surface area contributed by atoms with Crippen molar-refractivity contribution in [3.63, 3.8) is 0 Å². The topological polar surface area (TPSA) is 6.48 Å². The Balaban J connectivity index is 1.27. The maximum Gasteiger partial charge on any atom is 0.0240 e. The number of rotatable bonds is 12. The summed E-state index contributed by atoms with van der Waals surface area (Å²) >= 11 is 0. The second kappa shape index (κ2) is 15.3. The monoisotopic (exact) mass is 564 g/mol. The molecule has 0 aromatic heterocycles. The highest BCUT2D eigenvalue weighted by molar-refractivity contribution is 5.32. The van der Waals surface area contributed by atoms with Gasteiger partial charge in [0, 0.05) is 39.3 Å². The lowest BCUT2D eigenvalue weighted by Gasteiger charge is -2.31. The van der Waals surface area contributed by atoms with Gasteiger partial charge in [0.15, 0.2) is 0 Å². The molecule has 0 aliphatic heterocycles. The molecule has 3 aromatic rings. The zero-order chi connectivity index (χ0) is 29.3. The van der Waals surface area contributed by atoms with Crippen molar-refractivity contribution in [1.29, 1.82) is 0 Å². The molecule has 2 nitrogen and oxygen atoms in total. The molecular weight excluding hydrogens is 508 g/mol. The molecule has 0 radical (unpaired) electrons. The lowest BCUT2D eigenvalue weighted by atomic mass is 9.88. The molecule has 0 saturated heterocycles. The second-order valence-corrected chi connectivity index (χ2v) is 14.0. The molecule has 0 heterocycles. The molecule has 2 fully saturated rings. The highest BCUT2D eigenvalue weighted by Gasteiger charge is 2.20. The first-order chi connectivity index (χ1) is 20.4. The van der Waals surface area contributed by atoms with Crippen LogP contribution in [0.3, 0.4) is 0 Å². The Labute approximate surface area is 257 Å². The Morgan fingerprint density at radius 2 is 0.857 bits per heavy atom. The summed E-state index contributed by atoms with van der Waals surface area (Å²) in [5.74, 6) is 1.70. The molecule has 2 heteroatoms. The van der Waals surface area contributed by atoms with Crippen LogP contribution in [-0.2, 0) is 26.2 Å². The van der Waals surface area contributed by atoms with Gasteiger partial charge in [-0.1, -0.05) is 110 Å². The van der Waals surface area contributed by atoms with Gasteiger partial charge in [0.05, 0.1) is 0 Å². The van der Waals surface area contributed by atoms with E-state index in [9.17, 15) is 0 Å². The molecule has 0 amide bonds. The van der Waals surface area contributed by atoms with Crippen LogP contribution in [0.2, 0.25) is 0 Å². The standard InChI is InChI=1S/C40H56N2/c1-31-15-21-39(33(3)23-31)29-41(25-35-11-7-5-8-12-35)27-37-17-19-38(20-18-37)28-42(26-36-13-9-6-10-14-36)30-40-22-16-32(2)24-34(40)4/h15-24,35-36H,5-14,25-30H2,1-4H3. The summed E-state index contributed by atoms with van der Waals surface area (Å²) in [5.41, 5.74) is 11.5. The van der Waals surface area contributed by atoms with E-state index in [4.69, 9.17) is 0 Å². The summed E-state index contributed by atoms with van der Waals surface area (Å²) in [6.07, 6.45) is 14.1. The molecule has 2 aliphatic carbocycles. The third-order valence-electron chi connectivity index (χ3n) is 10.1. The van der Waals surface area contributed by atoms with E-state index in [1.54, 1.807) is 0 Å². The zero-order valence-corrected chi connectivity index (χ0v) is 27.1. The van der Waals surface area contributed by atoms with Crippen molar-refractivity contribution in [2.24, 2.45) is 11.8 Å². The molecule has 226 valence electrons. The fraction of sp³-hybridized carbons (Fsp3) is 0.550. The number of nitrogens with zero attached hydrogens (tertiary/aromatic N) is 2. The van der Waals surface area contributed by atoms with Gasteiger partial charge < -0.3 is 0 Å². The Hall–Kier alpha value is -2.42. The quantitative estimate of drug-likeness (QED) is 0.216. The lowest BCUT2D eigenvalue weighted by molar-refractivity contribution is 0.185. The first-order valence-corrected chi connectivity index (χ1v) is 17.1. The summed E-state index contributed by atoms with van der Waals surface area (Å²) in [6, 6.07) is 23.7. The molecule has 3 aromatic carbocycles. The summed E-state index contributed by atoms with van der Waals surface area (Å²) < 4.78 is 0. The average molecular weight is 565 g/mol. The third kappa shape index (κ3) is 9.29. The molecule has 5 rings (SSSR count). The van der Waals surface area contributed by atoms with Crippen LogP contribution in [0.1, 0.15) is 109 Å². The maximum atomic E-state index is 2.73. The van der Waals surface area contributed by atoms with Gasteiger partial charge in [0.25, 0.3) is 0 Å². The first-order valence-electron chi connectivity index (χ1n) is 17.1. The second-order valence-electron chi connectivity index (χ2n) is 14.0. The SMILES string of the molecule is Cc1ccc(CN(Cc2ccc(CN(Cc3ccc(C)cc3C)CC3CCCCC3)cc2)CC2CCCCC2)c(C)c1. The number of hydrogen-bond donors (Lipinski definition) is 0. The van der Waals surface area contributed by atoms with Gasteiger partial charge in [-0.05, 0) is 98.6 Å². The molecule has 0 spiro atoms. The van der Waals surface area contributed by atoms with E-state index >= 15 is 0 Å². The summed E-state index contributed by atoms with van der Waals surface area (Å²) in [7, 11) is 0. The number of aryl methyl sites for hydroxylation is 4. The van der Waals surface area contributed by atoms with Crippen LogP contribution < -0.4 is 0 Å². The van der Waals surface area contributed by atoms with Crippen LogP contribution in [0.15, 0.2) is 60.7 Å². The number of benzene rings is 3. The molecule has 0 N–H and O–H groups in total. The van der Waals surface area contributed by atoms with Gasteiger partial charge >= 0.3 is 0 Å². The van der Waals surface area contributed by atoms with Crippen LogP contribution in [0.5, 0.6) is 0 Å². The van der Waals surface area contributed by atoms with E-state index < -0.39 is 0 Å². The summed E-state index contributed by atoms with van der Waals surface area (Å²) in [4.78, 5) is 5.47. The first kappa shape index (κ1) is 31.0. The van der Waals surface area contributed by atoms with Gasteiger partial charge in [0.1, 0.15) is 0 Å². The molecule has 0 unspecified atom stereocenters. The fourth-order valence-electron chi connectivity index (χ4n) is 7.63. The Morgan fingerprint density at radius 3 is 1.21 bits per heavy atom. The summed E-state index contributed by atoms with van der Waals surface area (Å²) in [5, 5.41) is 0. The molecular formula is C40H56N2. The zero-order valence-electron chi connectivity index (χ0n) is 27.1. The molecule has 2 saturated carbocycles. The summed E-state index contributed by atoms with van der Waals surface area (Å²) in [6.45, 7) is 15.6.